The van der Waals surface area contributed by atoms with E-state index in [1.54, 1.807) is 24.3 Å². The van der Waals surface area contributed by atoms with Crippen LogP contribution in [-0.2, 0) is 57.1 Å². The van der Waals surface area contributed by atoms with E-state index < -0.39 is 164 Å². The van der Waals surface area contributed by atoms with Crippen LogP contribution in [0, 0.1) is 16.7 Å². The summed E-state index contributed by atoms with van der Waals surface area (Å²) < 4.78 is 51.2. The Bertz CT molecular complexity index is 2510. The molecule has 1 aliphatic heterocycles. The van der Waals surface area contributed by atoms with Crippen molar-refractivity contribution in [2.24, 2.45) is 16.7 Å². The van der Waals surface area contributed by atoms with Crippen molar-refractivity contribution in [3.63, 3.8) is 0 Å². The van der Waals surface area contributed by atoms with Crippen molar-refractivity contribution < 1.29 is 81.3 Å². The molecule has 4 aliphatic rings. The van der Waals surface area contributed by atoms with Gasteiger partial charge < -0.3 is 48.7 Å². The molecule has 2 aromatic rings. The summed E-state index contributed by atoms with van der Waals surface area (Å²) >= 11 is 36.2. The number of aliphatic hydroxyl groups is 2. The molecule has 2 aromatic carbocycles. The van der Waals surface area contributed by atoms with Crippen LogP contribution < -0.4 is 5.32 Å². The number of fused-ring (bicyclic) bond motifs is 5. The van der Waals surface area contributed by atoms with Gasteiger partial charge in [-0.1, -0.05) is 132 Å². The van der Waals surface area contributed by atoms with E-state index in [0.717, 1.165) is 6.92 Å². The minimum Gasteiger partial charge on any atom is -0.461 e. The number of rotatable bonds is 14. The predicted molar refractivity (Wildman–Crippen MR) is 261 cm³/mol. The van der Waals surface area contributed by atoms with Gasteiger partial charge in [0.1, 0.15) is 42.3 Å². The molecule has 73 heavy (non-hydrogen) atoms. The number of hydrogen-bond donors (Lipinski definition) is 3. The number of esters is 5. The van der Waals surface area contributed by atoms with E-state index in [-0.39, 0.29) is 22.3 Å². The summed E-state index contributed by atoms with van der Waals surface area (Å²) in [6, 6.07) is 13.5. The summed E-state index contributed by atoms with van der Waals surface area (Å²) in [5.74, 6) is -8.76. The van der Waals surface area contributed by atoms with E-state index in [1.165, 1.54) is 77.9 Å². The standard InChI is InChI=1S/C49H54Cl6FNO16/c1-24-28(68-41(64)35(61)34(26-14-10-8-11-15-26)57-42(65)73-43(3,4)22-56)19-47(66)39(71-40(63)27-16-12-9-13-17-27)37-45(7,38(62)36(33(24)44(47,5)6)70-32(60)21-49(53,54)55)29(69-31(59)20-48(50,51)52)18-30-46(37,23-67-30)72-25(2)58/h8-17,28-30,34-37,39,61,66H,18-23H2,1-7H3,(H,57,65)/t28-,29-,30+,34-,35+,36+,37-,39-,45+,46-,47+/m0/s1. The molecule has 0 aromatic heterocycles. The van der Waals surface area contributed by atoms with Crippen LogP contribution in [0.3, 0.4) is 0 Å². The van der Waals surface area contributed by atoms with E-state index in [0.29, 0.717) is 0 Å². The van der Waals surface area contributed by atoms with Crippen molar-refractivity contribution in [3.8, 4) is 0 Å². The largest absolute Gasteiger partial charge is 0.461 e. The summed E-state index contributed by atoms with van der Waals surface area (Å²) in [6.45, 7) is 7.61. The number of alkyl halides is 7. The zero-order valence-corrected chi connectivity index (χ0v) is 44.9. The molecular weight excluding hydrogens is 1090 g/mol. The second-order valence-corrected chi connectivity index (χ2v) is 24.9. The van der Waals surface area contributed by atoms with Crippen molar-refractivity contribution in [2.75, 3.05) is 13.3 Å². The zero-order valence-electron chi connectivity index (χ0n) is 40.4. The Morgan fingerprint density at radius 1 is 0.863 bits per heavy atom. The van der Waals surface area contributed by atoms with Crippen LogP contribution in [0.2, 0.25) is 0 Å². The Kier molecular flexibility index (Phi) is 17.2. The number of carbonyl (C=O) groups is 7. The number of hydrogen-bond acceptors (Lipinski definition) is 16. The van der Waals surface area contributed by atoms with Gasteiger partial charge >= 0.3 is 35.9 Å². The molecule has 3 aliphatic carbocycles. The third-order valence-electron chi connectivity index (χ3n) is 14.0. The maximum atomic E-state index is 16.3. The fourth-order valence-electron chi connectivity index (χ4n) is 10.5. The van der Waals surface area contributed by atoms with Crippen LogP contribution in [0.1, 0.15) is 96.1 Å². The van der Waals surface area contributed by atoms with E-state index in [9.17, 15) is 43.4 Å². The highest BCUT2D eigenvalue weighted by molar-refractivity contribution is 6.68. The molecule has 0 radical (unpaired) electrons. The first kappa shape index (κ1) is 58.3. The van der Waals surface area contributed by atoms with Gasteiger partial charge in [-0.15, -0.1) is 0 Å². The number of Topliss-reactive ketones (excluding diaryl/α,β-unsaturated/α-hetero) is 1. The number of aliphatic hydroxyl groups excluding tert-OH is 1. The second-order valence-electron chi connectivity index (χ2n) is 19.9. The third-order valence-corrected chi connectivity index (χ3v) is 14.8. The molecule has 6 rings (SSSR count). The first-order valence-electron chi connectivity index (χ1n) is 22.8. The SMILES string of the molecule is CC(=O)O[C@@]12CO[C@@H]1C[C@H](OC(=O)CC(Cl)(Cl)Cl)[C@@]1(C)C(=O)[C@H](OC(=O)CC(Cl)(Cl)Cl)C3=C(C)[C@@H](OC(=O)[C@H](O)[C@@H](NC(=O)OC(C)(C)CF)c4ccccc4)C[C@@](O)([C@@H](OC(=O)c4ccccc4)[C@H]21)C3(C)C. The molecule has 3 N–H and O–H groups in total. The molecule has 3 fully saturated rings. The number of ether oxygens (including phenoxy) is 7. The van der Waals surface area contributed by atoms with Crippen LogP contribution in [-0.4, -0.2) is 126 Å². The summed E-state index contributed by atoms with van der Waals surface area (Å²) in [5, 5.41) is 28.2. The molecular formula is C49H54Cl6FNO16. The number of amides is 1. The quantitative estimate of drug-likeness (QED) is 0.0707. The first-order valence-corrected chi connectivity index (χ1v) is 25.0. The van der Waals surface area contributed by atoms with E-state index in [4.69, 9.17) is 103 Å². The van der Waals surface area contributed by atoms with E-state index in [1.807, 2.05) is 0 Å². The van der Waals surface area contributed by atoms with Crippen molar-refractivity contribution in [1.29, 1.82) is 0 Å². The minimum atomic E-state index is -2.65. The molecule has 2 saturated carbocycles. The maximum Gasteiger partial charge on any atom is 0.408 e. The number of benzene rings is 2. The number of ketones is 1. The second kappa shape index (κ2) is 21.6. The van der Waals surface area contributed by atoms with Gasteiger partial charge in [-0.25, -0.2) is 18.8 Å². The summed E-state index contributed by atoms with van der Waals surface area (Å²) in [4.78, 5) is 99.6. The van der Waals surface area contributed by atoms with Crippen LogP contribution >= 0.6 is 69.6 Å². The van der Waals surface area contributed by atoms with Gasteiger partial charge in [-0.05, 0) is 56.5 Å². The average Bonchev–Trinajstić information content (AvgIpc) is 3.27. The molecule has 2 bridgehead atoms. The normalized spacial score (nSPS) is 29.5. The Balaban J connectivity index is 1.61. The highest BCUT2D eigenvalue weighted by atomic mass is 35.6. The van der Waals surface area contributed by atoms with Gasteiger partial charge in [0.15, 0.2) is 23.6 Å². The van der Waals surface area contributed by atoms with Crippen LogP contribution in [0.4, 0.5) is 9.18 Å². The Morgan fingerprint density at radius 2 is 1.42 bits per heavy atom. The first-order chi connectivity index (χ1) is 33.7. The zero-order chi connectivity index (χ0) is 54.4. The van der Waals surface area contributed by atoms with Gasteiger partial charge in [-0.2, -0.15) is 0 Å². The number of halogens is 7. The number of alkyl carbamates (subject to hydrolysis) is 1. The lowest BCUT2D eigenvalue weighted by atomic mass is 9.44. The smallest absolute Gasteiger partial charge is 0.408 e. The molecule has 11 atom stereocenters. The van der Waals surface area contributed by atoms with Crippen LogP contribution in [0.15, 0.2) is 71.8 Å². The van der Waals surface area contributed by atoms with Gasteiger partial charge in [0.25, 0.3) is 0 Å². The fraction of sp³-hybridized carbons (Fsp3) is 0.571. The van der Waals surface area contributed by atoms with Crippen LogP contribution in [0.5, 0.6) is 0 Å². The highest BCUT2D eigenvalue weighted by Gasteiger charge is 2.79. The molecule has 400 valence electrons. The van der Waals surface area contributed by atoms with E-state index >= 15 is 4.79 Å². The Labute approximate surface area is 449 Å². The third kappa shape index (κ3) is 12.0. The minimum absolute atomic E-state index is 0.0427. The molecule has 0 unspecified atom stereocenters. The van der Waals surface area contributed by atoms with Gasteiger partial charge in [0.2, 0.25) is 7.59 Å². The topological polar surface area (TPSA) is 237 Å². The summed E-state index contributed by atoms with van der Waals surface area (Å²) in [6.07, 6.45) is -15.4. The molecule has 0 spiro atoms. The van der Waals surface area contributed by atoms with Crippen molar-refractivity contribution in [2.45, 2.75) is 141 Å². The lowest BCUT2D eigenvalue weighted by molar-refractivity contribution is -0.346. The maximum absolute atomic E-state index is 16.3. The fourth-order valence-corrected chi connectivity index (χ4v) is 11.1. The van der Waals surface area contributed by atoms with Crippen molar-refractivity contribution >= 4 is 111 Å². The average molecular weight is 1140 g/mol. The lowest BCUT2D eigenvalue weighted by Gasteiger charge is -2.67. The summed E-state index contributed by atoms with van der Waals surface area (Å²) in [7, 11) is 0. The molecule has 24 heteroatoms. The van der Waals surface area contributed by atoms with Crippen LogP contribution in [0.25, 0.3) is 0 Å². The Hall–Kier alpha value is -3.98. The molecule has 1 amide bonds. The predicted octanol–water partition coefficient (Wildman–Crippen LogP) is 7.83. The number of carbonyl (C=O) groups excluding carboxylic acids is 7. The monoisotopic (exact) mass is 1140 g/mol. The highest BCUT2D eigenvalue weighted by Crippen LogP contribution is 2.65. The van der Waals surface area contributed by atoms with Gasteiger partial charge in [-0.3, -0.25) is 19.2 Å². The van der Waals surface area contributed by atoms with Gasteiger partial charge in [0, 0.05) is 25.2 Å². The number of nitrogens with one attached hydrogen (secondary N) is 1. The van der Waals surface area contributed by atoms with E-state index in [2.05, 4.69) is 5.32 Å². The Morgan fingerprint density at radius 3 is 1.95 bits per heavy atom. The van der Waals surface area contributed by atoms with Gasteiger partial charge in [0.05, 0.1) is 42.4 Å². The molecule has 17 nitrogen and oxygen atoms in total. The summed E-state index contributed by atoms with van der Waals surface area (Å²) in [5.41, 5.74) is -10.7. The van der Waals surface area contributed by atoms with Crippen molar-refractivity contribution in [3.05, 3.63) is 82.9 Å². The molecule has 1 saturated heterocycles. The molecule has 1 heterocycles. The van der Waals surface area contributed by atoms with Crippen molar-refractivity contribution in [1.82, 2.24) is 5.32 Å². The lowest BCUT2D eigenvalue weighted by Crippen LogP contribution is -2.82.